The topological polar surface area (TPSA) is 86.7 Å². The van der Waals surface area contributed by atoms with Gasteiger partial charge in [0.1, 0.15) is 0 Å². The van der Waals surface area contributed by atoms with Gasteiger partial charge >= 0.3 is 16.2 Å². The molecule has 116 valence electrons. The van der Waals surface area contributed by atoms with Gasteiger partial charge in [-0.05, 0) is 31.0 Å². The van der Waals surface area contributed by atoms with Crippen molar-refractivity contribution in [2.75, 3.05) is 17.8 Å². The monoisotopic (exact) mass is 376 g/mol. The first-order valence-corrected chi connectivity index (χ1v) is 8.94. The molecule has 0 amide bonds. The van der Waals surface area contributed by atoms with Gasteiger partial charge in [0.25, 0.3) is 0 Å². The summed E-state index contributed by atoms with van der Waals surface area (Å²) in [6, 6.07) is 4.39. The molecule has 2 rings (SSSR count). The lowest BCUT2D eigenvalue weighted by Crippen LogP contribution is -2.36. The molecule has 0 unspecified atom stereocenters. The van der Waals surface area contributed by atoms with Crippen molar-refractivity contribution in [1.29, 1.82) is 0 Å². The highest BCUT2D eigenvalue weighted by atomic mass is 79.9. The van der Waals surface area contributed by atoms with Crippen LogP contribution in [-0.2, 0) is 10.2 Å². The molecule has 1 saturated heterocycles. The minimum absolute atomic E-state index is 0.0705. The van der Waals surface area contributed by atoms with Gasteiger partial charge in [-0.15, -0.1) is 0 Å². The normalized spacial score (nSPS) is 17.2. The van der Waals surface area contributed by atoms with Gasteiger partial charge < -0.3 is 5.11 Å². The fourth-order valence-corrected chi connectivity index (χ4v) is 3.95. The number of carboxylic acid groups (broad SMARTS) is 1. The Bertz CT molecular complexity index is 625. The second-order valence-corrected chi connectivity index (χ2v) is 7.50. The van der Waals surface area contributed by atoms with Crippen LogP contribution in [0, 0.1) is 0 Å². The van der Waals surface area contributed by atoms with Crippen LogP contribution in [0.15, 0.2) is 22.7 Å². The Balaban J connectivity index is 2.27. The van der Waals surface area contributed by atoms with Gasteiger partial charge in [0.2, 0.25) is 0 Å². The van der Waals surface area contributed by atoms with E-state index in [1.165, 1.54) is 16.4 Å². The van der Waals surface area contributed by atoms with Crippen molar-refractivity contribution in [1.82, 2.24) is 4.31 Å². The molecule has 0 aliphatic carbocycles. The van der Waals surface area contributed by atoms with Gasteiger partial charge in [-0.3, -0.25) is 4.72 Å². The average molecular weight is 377 g/mol. The van der Waals surface area contributed by atoms with Gasteiger partial charge in [0, 0.05) is 17.6 Å². The molecule has 0 atom stereocenters. The summed E-state index contributed by atoms with van der Waals surface area (Å²) in [4.78, 5) is 11.2. The van der Waals surface area contributed by atoms with E-state index in [4.69, 9.17) is 5.11 Å². The highest BCUT2D eigenvalue weighted by molar-refractivity contribution is 9.10. The van der Waals surface area contributed by atoms with Crippen molar-refractivity contribution in [3.05, 3.63) is 28.2 Å². The summed E-state index contributed by atoms with van der Waals surface area (Å²) in [5.74, 6) is -1.17. The van der Waals surface area contributed by atoms with Crippen molar-refractivity contribution < 1.29 is 18.3 Å². The number of carboxylic acids is 1. The Morgan fingerprint density at radius 1 is 1.19 bits per heavy atom. The fourth-order valence-electron chi connectivity index (χ4n) is 2.27. The van der Waals surface area contributed by atoms with Gasteiger partial charge in [-0.25, -0.2) is 4.79 Å². The smallest absolute Gasteiger partial charge is 0.337 e. The van der Waals surface area contributed by atoms with Crippen molar-refractivity contribution in [2.45, 2.75) is 25.7 Å². The number of rotatable bonds is 4. The zero-order chi connectivity index (χ0) is 15.5. The molecule has 0 bridgehead atoms. The molecule has 2 N–H and O–H groups in total. The number of carbonyl (C=O) groups is 1. The van der Waals surface area contributed by atoms with Crippen molar-refractivity contribution >= 4 is 37.8 Å². The molecular weight excluding hydrogens is 360 g/mol. The van der Waals surface area contributed by atoms with Crippen LogP contribution in [0.2, 0.25) is 0 Å². The van der Waals surface area contributed by atoms with E-state index in [-0.39, 0.29) is 11.3 Å². The zero-order valence-electron chi connectivity index (χ0n) is 11.4. The Morgan fingerprint density at radius 3 is 2.38 bits per heavy atom. The molecule has 1 aromatic carbocycles. The van der Waals surface area contributed by atoms with E-state index in [0.29, 0.717) is 17.6 Å². The summed E-state index contributed by atoms with van der Waals surface area (Å²) in [6.07, 6.45) is 3.68. The van der Waals surface area contributed by atoms with Gasteiger partial charge in [0.15, 0.2) is 0 Å². The minimum Gasteiger partial charge on any atom is -0.478 e. The molecule has 0 spiro atoms. The fraction of sp³-hybridized carbons (Fsp3) is 0.462. The van der Waals surface area contributed by atoms with Crippen LogP contribution in [0.5, 0.6) is 0 Å². The van der Waals surface area contributed by atoms with Crippen LogP contribution in [0.1, 0.15) is 36.0 Å². The number of anilines is 1. The van der Waals surface area contributed by atoms with Crippen molar-refractivity contribution in [2.24, 2.45) is 0 Å². The quantitative estimate of drug-likeness (QED) is 0.845. The number of benzene rings is 1. The molecule has 1 aliphatic rings. The third-order valence-electron chi connectivity index (χ3n) is 3.36. The van der Waals surface area contributed by atoms with E-state index in [2.05, 4.69) is 20.7 Å². The van der Waals surface area contributed by atoms with Gasteiger partial charge in [-0.2, -0.15) is 12.7 Å². The Labute approximate surface area is 132 Å². The SMILES string of the molecule is O=C(O)c1ccc(Br)cc1NS(=O)(=O)N1CCCCCC1. The maximum atomic E-state index is 12.4. The molecule has 1 aliphatic heterocycles. The van der Waals surface area contributed by atoms with Crippen molar-refractivity contribution in [3.8, 4) is 0 Å². The second-order valence-electron chi connectivity index (χ2n) is 4.92. The van der Waals surface area contributed by atoms with E-state index in [0.717, 1.165) is 25.7 Å². The maximum Gasteiger partial charge on any atom is 0.337 e. The highest BCUT2D eigenvalue weighted by Gasteiger charge is 2.24. The summed E-state index contributed by atoms with van der Waals surface area (Å²) >= 11 is 3.22. The number of nitrogens with zero attached hydrogens (tertiary/aromatic N) is 1. The Kier molecular flexibility index (Phi) is 5.23. The third kappa shape index (κ3) is 4.18. The number of halogens is 1. The van der Waals surface area contributed by atoms with E-state index >= 15 is 0 Å². The lowest BCUT2D eigenvalue weighted by atomic mass is 10.2. The van der Waals surface area contributed by atoms with Crippen LogP contribution in [0.3, 0.4) is 0 Å². The van der Waals surface area contributed by atoms with E-state index < -0.39 is 16.2 Å². The number of hydrogen-bond acceptors (Lipinski definition) is 3. The molecular formula is C13H17BrN2O4S. The first-order valence-electron chi connectivity index (χ1n) is 6.71. The molecule has 21 heavy (non-hydrogen) atoms. The van der Waals surface area contributed by atoms with Crippen molar-refractivity contribution in [3.63, 3.8) is 0 Å². The average Bonchev–Trinajstić information content (AvgIpc) is 2.67. The molecule has 1 aromatic rings. The predicted octanol–water partition coefficient (Wildman–Crippen LogP) is 2.68. The van der Waals surface area contributed by atoms with Gasteiger partial charge in [-0.1, -0.05) is 28.8 Å². The van der Waals surface area contributed by atoms with E-state index in [1.807, 2.05) is 0 Å². The Hall–Kier alpha value is -1.12. The summed E-state index contributed by atoms with van der Waals surface area (Å²) in [5, 5.41) is 9.14. The van der Waals surface area contributed by atoms with Crippen LogP contribution < -0.4 is 4.72 Å². The lowest BCUT2D eigenvalue weighted by Gasteiger charge is -2.21. The zero-order valence-corrected chi connectivity index (χ0v) is 13.8. The molecule has 0 radical (unpaired) electrons. The number of nitrogens with one attached hydrogen (secondary N) is 1. The van der Waals surface area contributed by atoms with Gasteiger partial charge in [0.05, 0.1) is 11.3 Å². The largest absolute Gasteiger partial charge is 0.478 e. The van der Waals surface area contributed by atoms with Crippen LogP contribution in [-0.4, -0.2) is 36.9 Å². The van der Waals surface area contributed by atoms with Crippen LogP contribution >= 0.6 is 15.9 Å². The second kappa shape index (κ2) is 6.76. The number of aromatic carboxylic acids is 1. The molecule has 0 aromatic heterocycles. The van der Waals surface area contributed by atoms with Crippen LogP contribution in [0.25, 0.3) is 0 Å². The lowest BCUT2D eigenvalue weighted by molar-refractivity contribution is 0.0698. The molecule has 6 nitrogen and oxygen atoms in total. The third-order valence-corrected chi connectivity index (χ3v) is 5.37. The Morgan fingerprint density at radius 2 is 1.81 bits per heavy atom. The molecule has 8 heteroatoms. The first-order chi connectivity index (χ1) is 9.90. The van der Waals surface area contributed by atoms with Crippen LogP contribution in [0.4, 0.5) is 5.69 Å². The van der Waals surface area contributed by atoms with E-state index in [9.17, 15) is 13.2 Å². The molecule has 1 fully saturated rings. The summed E-state index contributed by atoms with van der Waals surface area (Å²) in [6.45, 7) is 0.928. The predicted molar refractivity (Wildman–Crippen MR) is 83.7 cm³/mol. The highest BCUT2D eigenvalue weighted by Crippen LogP contribution is 2.24. The summed E-state index contributed by atoms with van der Waals surface area (Å²) < 4.78 is 29.2. The number of hydrogen-bond donors (Lipinski definition) is 2. The molecule has 0 saturated carbocycles. The molecule has 1 heterocycles. The first kappa shape index (κ1) is 16.3. The standard InChI is InChI=1S/C13H17BrN2O4S/c14-10-5-6-11(13(17)18)12(9-10)15-21(19,20)16-7-3-1-2-4-8-16/h5-6,9,15H,1-4,7-8H2,(H,17,18). The maximum absolute atomic E-state index is 12.4. The summed E-state index contributed by atoms with van der Waals surface area (Å²) in [7, 11) is -3.73. The minimum atomic E-state index is -3.73. The summed E-state index contributed by atoms with van der Waals surface area (Å²) in [5.41, 5.74) is -0.00211. The van der Waals surface area contributed by atoms with E-state index in [1.54, 1.807) is 6.07 Å².